The third kappa shape index (κ3) is 3.89. The zero-order valence-electron chi connectivity index (χ0n) is 13.2. The summed E-state index contributed by atoms with van der Waals surface area (Å²) in [5, 5.41) is 6.23. The quantitative estimate of drug-likeness (QED) is 0.688. The summed E-state index contributed by atoms with van der Waals surface area (Å²) < 4.78 is 33.4. The molecule has 0 bridgehead atoms. The van der Waals surface area contributed by atoms with Crippen LogP contribution in [-0.4, -0.2) is 25.2 Å². The number of ether oxygens (including phenoxy) is 1. The van der Waals surface area contributed by atoms with Gasteiger partial charge in [-0.3, -0.25) is 9.52 Å². The summed E-state index contributed by atoms with van der Waals surface area (Å²) in [7, 11) is -3.76. The lowest BCUT2D eigenvalue weighted by molar-refractivity contribution is 0.342. The number of hydrogen-bond donors (Lipinski definition) is 2. The first kappa shape index (κ1) is 17.2. The second kappa shape index (κ2) is 7.08. The normalized spacial score (nSPS) is 11.2. The highest BCUT2D eigenvalue weighted by atomic mass is 32.2. The Morgan fingerprint density at radius 1 is 1.16 bits per heavy atom. The number of aromatic amines is 1. The van der Waals surface area contributed by atoms with Crippen LogP contribution in [0.2, 0.25) is 0 Å². The van der Waals surface area contributed by atoms with Crippen molar-refractivity contribution in [1.82, 2.24) is 10.2 Å². The van der Waals surface area contributed by atoms with E-state index in [0.29, 0.717) is 28.6 Å². The van der Waals surface area contributed by atoms with Crippen LogP contribution in [0.25, 0.3) is 10.6 Å². The molecule has 3 aromatic rings. The Kier molecular flexibility index (Phi) is 4.86. The lowest BCUT2D eigenvalue weighted by Gasteiger charge is -2.11. The SMILES string of the molecule is CCOc1ccccc1NS(=O)(=O)c1ccc(-c2ccc(=O)[nH]n2)s1. The van der Waals surface area contributed by atoms with Crippen molar-refractivity contribution in [3.63, 3.8) is 0 Å². The number of sulfonamides is 1. The summed E-state index contributed by atoms with van der Waals surface area (Å²) in [6.45, 7) is 2.26. The maximum absolute atomic E-state index is 12.6. The Bertz CT molecular complexity index is 1020. The van der Waals surface area contributed by atoms with Gasteiger partial charge in [-0.2, -0.15) is 5.10 Å². The van der Waals surface area contributed by atoms with Crippen LogP contribution < -0.4 is 15.0 Å². The van der Waals surface area contributed by atoms with Gasteiger partial charge in [0.25, 0.3) is 15.6 Å². The molecule has 25 heavy (non-hydrogen) atoms. The molecule has 7 nitrogen and oxygen atoms in total. The number of benzene rings is 1. The first-order valence-electron chi connectivity index (χ1n) is 7.40. The molecule has 2 N–H and O–H groups in total. The molecule has 2 aromatic heterocycles. The molecule has 9 heteroatoms. The molecule has 0 radical (unpaired) electrons. The molecular weight excluding hydrogens is 362 g/mol. The van der Waals surface area contributed by atoms with Crippen LogP contribution in [0.1, 0.15) is 6.92 Å². The molecule has 1 aromatic carbocycles. The van der Waals surface area contributed by atoms with E-state index in [1.54, 1.807) is 36.4 Å². The second-order valence-corrected chi connectivity index (χ2v) is 7.95. The van der Waals surface area contributed by atoms with Crippen LogP contribution >= 0.6 is 11.3 Å². The van der Waals surface area contributed by atoms with Crippen molar-refractivity contribution in [2.75, 3.05) is 11.3 Å². The van der Waals surface area contributed by atoms with Crippen molar-refractivity contribution >= 4 is 27.0 Å². The van der Waals surface area contributed by atoms with Gasteiger partial charge in [0.1, 0.15) is 15.7 Å². The minimum atomic E-state index is -3.76. The van der Waals surface area contributed by atoms with Crippen molar-refractivity contribution in [3.05, 3.63) is 58.9 Å². The highest BCUT2D eigenvalue weighted by molar-refractivity contribution is 7.94. The van der Waals surface area contributed by atoms with Gasteiger partial charge < -0.3 is 4.74 Å². The summed E-state index contributed by atoms with van der Waals surface area (Å²) in [5.74, 6) is 0.465. The van der Waals surface area contributed by atoms with Crippen molar-refractivity contribution in [3.8, 4) is 16.3 Å². The maximum Gasteiger partial charge on any atom is 0.271 e. The highest BCUT2D eigenvalue weighted by Crippen LogP contribution is 2.32. The fourth-order valence-corrected chi connectivity index (χ4v) is 4.46. The van der Waals surface area contributed by atoms with Gasteiger partial charge in [0.2, 0.25) is 0 Å². The van der Waals surface area contributed by atoms with Gasteiger partial charge in [-0.25, -0.2) is 13.5 Å². The van der Waals surface area contributed by atoms with E-state index in [0.717, 1.165) is 11.3 Å². The van der Waals surface area contributed by atoms with Crippen molar-refractivity contribution in [2.24, 2.45) is 0 Å². The molecule has 0 aliphatic carbocycles. The fraction of sp³-hybridized carbons (Fsp3) is 0.125. The lowest BCUT2D eigenvalue weighted by atomic mass is 10.3. The number of para-hydroxylation sites is 2. The molecule has 0 atom stereocenters. The predicted octanol–water partition coefficient (Wildman–Crippen LogP) is 2.70. The number of aromatic nitrogens is 2. The van der Waals surface area contributed by atoms with Gasteiger partial charge in [-0.05, 0) is 37.3 Å². The molecule has 0 fully saturated rings. The molecule has 2 heterocycles. The smallest absolute Gasteiger partial charge is 0.271 e. The number of nitrogens with one attached hydrogen (secondary N) is 2. The Hall–Kier alpha value is -2.65. The number of H-pyrrole nitrogens is 1. The number of nitrogens with zero attached hydrogens (tertiary/aromatic N) is 1. The van der Waals surface area contributed by atoms with Gasteiger partial charge in [0.05, 0.1) is 17.2 Å². The predicted molar refractivity (Wildman–Crippen MR) is 96.6 cm³/mol. The topological polar surface area (TPSA) is 101 Å². The summed E-state index contributed by atoms with van der Waals surface area (Å²) in [6.07, 6.45) is 0. The van der Waals surface area contributed by atoms with Crippen LogP contribution in [0.3, 0.4) is 0 Å². The Balaban J connectivity index is 1.89. The molecule has 3 rings (SSSR count). The second-order valence-electron chi connectivity index (χ2n) is 4.96. The molecule has 0 unspecified atom stereocenters. The summed E-state index contributed by atoms with van der Waals surface area (Å²) in [4.78, 5) is 11.7. The number of rotatable bonds is 6. The average molecular weight is 377 g/mol. The molecule has 0 spiro atoms. The minimum Gasteiger partial charge on any atom is -0.492 e. The summed E-state index contributed by atoms with van der Waals surface area (Å²) >= 11 is 1.06. The zero-order valence-corrected chi connectivity index (χ0v) is 14.9. The van der Waals surface area contributed by atoms with Crippen molar-refractivity contribution in [2.45, 2.75) is 11.1 Å². The molecule has 0 saturated heterocycles. The summed E-state index contributed by atoms with van der Waals surface area (Å²) in [5.41, 5.74) is 0.560. The molecular formula is C16H15N3O4S2. The number of hydrogen-bond acceptors (Lipinski definition) is 6. The van der Waals surface area contributed by atoms with Crippen LogP contribution in [0.5, 0.6) is 5.75 Å². The van der Waals surface area contributed by atoms with E-state index < -0.39 is 10.0 Å². The Morgan fingerprint density at radius 2 is 1.96 bits per heavy atom. The number of thiophene rings is 1. The third-order valence-corrected chi connectivity index (χ3v) is 6.17. The van der Waals surface area contributed by atoms with Crippen LogP contribution in [0, 0.1) is 0 Å². The molecule has 0 amide bonds. The van der Waals surface area contributed by atoms with Crippen molar-refractivity contribution < 1.29 is 13.2 Å². The largest absolute Gasteiger partial charge is 0.492 e. The zero-order chi connectivity index (χ0) is 17.9. The van der Waals surface area contributed by atoms with Gasteiger partial charge in [0, 0.05) is 6.07 Å². The van der Waals surface area contributed by atoms with Gasteiger partial charge in [-0.1, -0.05) is 12.1 Å². The molecule has 130 valence electrons. The van der Waals surface area contributed by atoms with Crippen molar-refractivity contribution in [1.29, 1.82) is 0 Å². The van der Waals surface area contributed by atoms with Crippen LogP contribution in [0.4, 0.5) is 5.69 Å². The van der Waals surface area contributed by atoms with Crippen LogP contribution in [-0.2, 0) is 10.0 Å². The Labute approximate surface area is 148 Å². The first-order chi connectivity index (χ1) is 12.0. The Morgan fingerprint density at radius 3 is 2.68 bits per heavy atom. The fourth-order valence-electron chi connectivity index (χ4n) is 2.11. The van der Waals surface area contributed by atoms with E-state index >= 15 is 0 Å². The molecule has 0 aliphatic rings. The third-order valence-electron chi connectivity index (χ3n) is 3.21. The standard InChI is InChI=1S/C16H15N3O4S2/c1-2-23-13-6-4-3-5-11(13)19-25(21,22)16-10-8-14(24-16)12-7-9-15(20)18-17-12/h3-10,19H,2H2,1H3,(H,18,20). The van der Waals surface area contributed by atoms with E-state index in [1.807, 2.05) is 6.92 Å². The van der Waals surface area contributed by atoms with Gasteiger partial charge in [0.15, 0.2) is 0 Å². The van der Waals surface area contributed by atoms with Gasteiger partial charge >= 0.3 is 0 Å². The first-order valence-corrected chi connectivity index (χ1v) is 9.70. The average Bonchev–Trinajstić information content (AvgIpc) is 3.08. The van der Waals surface area contributed by atoms with Crippen LogP contribution in [0.15, 0.2) is 57.5 Å². The van der Waals surface area contributed by atoms with Gasteiger partial charge in [-0.15, -0.1) is 11.3 Å². The van der Waals surface area contributed by atoms with E-state index in [9.17, 15) is 13.2 Å². The molecule has 0 aliphatic heterocycles. The summed E-state index contributed by atoms with van der Waals surface area (Å²) in [6, 6.07) is 12.9. The van der Waals surface area contributed by atoms with E-state index in [2.05, 4.69) is 14.9 Å². The lowest BCUT2D eigenvalue weighted by Crippen LogP contribution is -2.12. The number of anilines is 1. The van der Waals surface area contributed by atoms with E-state index in [-0.39, 0.29) is 9.77 Å². The van der Waals surface area contributed by atoms with E-state index in [4.69, 9.17) is 4.74 Å². The monoisotopic (exact) mass is 377 g/mol. The maximum atomic E-state index is 12.6. The minimum absolute atomic E-state index is 0.141. The highest BCUT2D eigenvalue weighted by Gasteiger charge is 2.19. The molecule has 0 saturated carbocycles. The van der Waals surface area contributed by atoms with E-state index in [1.165, 1.54) is 12.1 Å².